The average Bonchev–Trinajstić information content (AvgIpc) is 2.24. The van der Waals surface area contributed by atoms with Crippen molar-refractivity contribution in [2.75, 3.05) is 5.75 Å². The van der Waals surface area contributed by atoms with Crippen molar-refractivity contribution in [1.29, 1.82) is 0 Å². The molecule has 0 aromatic heterocycles. The van der Waals surface area contributed by atoms with Crippen LogP contribution in [0.4, 0.5) is 0 Å². The number of hydrogen-bond donors (Lipinski definition) is 0. The van der Waals surface area contributed by atoms with Gasteiger partial charge in [-0.25, -0.2) is 8.42 Å². The third-order valence-corrected chi connectivity index (χ3v) is 5.15. The summed E-state index contributed by atoms with van der Waals surface area (Å²) in [6.07, 6.45) is 4.41. The smallest absolute Gasteiger partial charge is 0.160 e. The Bertz CT molecular complexity index is 324. The molecule has 2 rings (SSSR count). The first-order chi connectivity index (χ1) is 5.61. The molecule has 1 aliphatic heterocycles. The monoisotopic (exact) mass is 186 g/mol. The van der Waals surface area contributed by atoms with E-state index >= 15 is 0 Å². The van der Waals surface area contributed by atoms with Crippen LogP contribution >= 0.6 is 0 Å². The lowest BCUT2D eigenvalue weighted by molar-refractivity contribution is 0.594. The van der Waals surface area contributed by atoms with Crippen LogP contribution in [-0.4, -0.2) is 19.4 Å². The molecule has 12 heavy (non-hydrogen) atoms. The zero-order valence-electron chi connectivity index (χ0n) is 7.34. The van der Waals surface area contributed by atoms with E-state index in [1.807, 2.05) is 6.92 Å². The molecule has 0 radical (unpaired) electrons. The van der Waals surface area contributed by atoms with Crippen molar-refractivity contribution in [3.63, 3.8) is 0 Å². The first kappa shape index (κ1) is 8.30. The SMILES string of the molecule is CC1C2=C(CCCC2)CS1(=O)=O. The highest BCUT2D eigenvalue weighted by Crippen LogP contribution is 2.36. The van der Waals surface area contributed by atoms with Crippen LogP contribution in [0, 0.1) is 0 Å². The summed E-state index contributed by atoms with van der Waals surface area (Å²) in [5.41, 5.74) is 2.47. The highest BCUT2D eigenvalue weighted by molar-refractivity contribution is 7.92. The molecule has 1 aliphatic carbocycles. The second-order valence-electron chi connectivity index (χ2n) is 3.79. The van der Waals surface area contributed by atoms with E-state index in [4.69, 9.17) is 0 Å². The summed E-state index contributed by atoms with van der Waals surface area (Å²) in [5.74, 6) is 0.351. The third kappa shape index (κ3) is 1.11. The largest absolute Gasteiger partial charge is 0.228 e. The Hall–Kier alpha value is -0.310. The maximum absolute atomic E-state index is 11.5. The van der Waals surface area contributed by atoms with Crippen molar-refractivity contribution >= 4 is 9.84 Å². The summed E-state index contributed by atoms with van der Waals surface area (Å²) in [5, 5.41) is -0.173. The molecule has 3 heteroatoms. The Morgan fingerprint density at radius 2 is 1.92 bits per heavy atom. The summed E-state index contributed by atoms with van der Waals surface area (Å²) in [7, 11) is -2.78. The maximum atomic E-state index is 11.5. The quantitative estimate of drug-likeness (QED) is 0.539. The van der Waals surface area contributed by atoms with E-state index in [1.54, 1.807) is 0 Å². The van der Waals surface area contributed by atoms with Gasteiger partial charge in [-0.2, -0.15) is 0 Å². The molecule has 1 heterocycles. The Morgan fingerprint density at radius 3 is 2.58 bits per heavy atom. The molecular formula is C9H14O2S. The highest BCUT2D eigenvalue weighted by atomic mass is 32.2. The van der Waals surface area contributed by atoms with E-state index in [0.717, 1.165) is 12.8 Å². The van der Waals surface area contributed by atoms with Gasteiger partial charge in [0.05, 0.1) is 11.0 Å². The van der Waals surface area contributed by atoms with Gasteiger partial charge in [-0.05, 0) is 32.6 Å². The molecule has 68 valence electrons. The molecule has 2 aliphatic rings. The molecule has 0 aromatic carbocycles. The molecular weight excluding hydrogens is 172 g/mol. The molecule has 2 nitrogen and oxygen atoms in total. The van der Waals surface area contributed by atoms with E-state index in [2.05, 4.69) is 0 Å². The fourth-order valence-corrected chi connectivity index (χ4v) is 4.01. The lowest BCUT2D eigenvalue weighted by Gasteiger charge is -2.14. The Balaban J connectivity index is 2.38. The van der Waals surface area contributed by atoms with Crippen LogP contribution in [0.25, 0.3) is 0 Å². The second-order valence-corrected chi connectivity index (χ2v) is 6.11. The summed E-state index contributed by atoms with van der Waals surface area (Å²) in [4.78, 5) is 0. The lowest BCUT2D eigenvalue weighted by Crippen LogP contribution is -2.15. The molecule has 0 saturated heterocycles. The predicted octanol–water partition coefficient (Wildman–Crippen LogP) is 1.67. The van der Waals surface area contributed by atoms with Crippen molar-refractivity contribution in [3.05, 3.63) is 11.1 Å². The van der Waals surface area contributed by atoms with Gasteiger partial charge >= 0.3 is 0 Å². The standard InChI is InChI=1S/C9H14O2S/c1-7-9-5-3-2-4-8(9)6-12(7,10)11/h7H,2-6H2,1H3. The Morgan fingerprint density at radius 1 is 1.25 bits per heavy atom. The third-order valence-electron chi connectivity index (χ3n) is 3.03. The van der Waals surface area contributed by atoms with Gasteiger partial charge in [-0.15, -0.1) is 0 Å². The second kappa shape index (κ2) is 2.59. The van der Waals surface area contributed by atoms with Crippen molar-refractivity contribution in [1.82, 2.24) is 0 Å². The van der Waals surface area contributed by atoms with Gasteiger partial charge in [0, 0.05) is 0 Å². The number of rotatable bonds is 0. The molecule has 0 N–H and O–H groups in total. The van der Waals surface area contributed by atoms with Crippen molar-refractivity contribution in [2.24, 2.45) is 0 Å². The van der Waals surface area contributed by atoms with Crippen molar-refractivity contribution < 1.29 is 8.42 Å². The summed E-state index contributed by atoms with van der Waals surface area (Å²) in [6, 6.07) is 0. The molecule has 0 amide bonds. The van der Waals surface area contributed by atoms with Gasteiger partial charge in [-0.1, -0.05) is 11.1 Å². The van der Waals surface area contributed by atoms with Gasteiger partial charge in [0.1, 0.15) is 0 Å². The number of hydrogen-bond acceptors (Lipinski definition) is 2. The van der Waals surface area contributed by atoms with E-state index in [0.29, 0.717) is 5.75 Å². The van der Waals surface area contributed by atoms with Gasteiger partial charge < -0.3 is 0 Å². The van der Waals surface area contributed by atoms with Gasteiger partial charge in [0.2, 0.25) is 0 Å². The first-order valence-corrected chi connectivity index (χ1v) is 6.25. The van der Waals surface area contributed by atoms with E-state index < -0.39 is 9.84 Å². The molecule has 1 unspecified atom stereocenters. The predicted molar refractivity (Wildman–Crippen MR) is 48.7 cm³/mol. The summed E-state index contributed by atoms with van der Waals surface area (Å²) in [6.45, 7) is 1.84. The highest BCUT2D eigenvalue weighted by Gasteiger charge is 2.35. The van der Waals surface area contributed by atoms with Crippen LogP contribution in [0.2, 0.25) is 0 Å². The van der Waals surface area contributed by atoms with Crippen LogP contribution in [0.3, 0.4) is 0 Å². The fourth-order valence-electron chi connectivity index (χ4n) is 2.23. The molecule has 0 bridgehead atoms. The van der Waals surface area contributed by atoms with E-state index in [9.17, 15) is 8.42 Å². The zero-order chi connectivity index (χ0) is 8.77. The normalized spacial score (nSPS) is 33.6. The fraction of sp³-hybridized carbons (Fsp3) is 0.778. The molecule has 1 atom stereocenters. The van der Waals surface area contributed by atoms with Gasteiger partial charge in [-0.3, -0.25) is 0 Å². The average molecular weight is 186 g/mol. The molecule has 0 spiro atoms. The zero-order valence-corrected chi connectivity index (χ0v) is 8.15. The van der Waals surface area contributed by atoms with Gasteiger partial charge in [0.15, 0.2) is 9.84 Å². The summed E-state index contributed by atoms with van der Waals surface area (Å²) >= 11 is 0. The minimum Gasteiger partial charge on any atom is -0.228 e. The van der Waals surface area contributed by atoms with Crippen molar-refractivity contribution in [3.8, 4) is 0 Å². The lowest BCUT2D eigenvalue weighted by atomic mass is 9.91. The molecule has 0 fully saturated rings. The molecule has 0 aromatic rings. The summed E-state index contributed by atoms with van der Waals surface area (Å²) < 4.78 is 23.0. The minimum atomic E-state index is -2.78. The maximum Gasteiger partial charge on any atom is 0.160 e. The number of sulfone groups is 1. The minimum absolute atomic E-state index is 0.173. The van der Waals surface area contributed by atoms with Crippen molar-refractivity contribution in [2.45, 2.75) is 37.9 Å². The van der Waals surface area contributed by atoms with E-state index in [-0.39, 0.29) is 5.25 Å². The van der Waals surface area contributed by atoms with Crippen LogP contribution in [0.15, 0.2) is 11.1 Å². The van der Waals surface area contributed by atoms with E-state index in [1.165, 1.54) is 24.0 Å². The topological polar surface area (TPSA) is 34.1 Å². The Kier molecular flexibility index (Phi) is 1.79. The van der Waals surface area contributed by atoms with Gasteiger partial charge in [0.25, 0.3) is 0 Å². The van der Waals surface area contributed by atoms with Crippen LogP contribution in [0.1, 0.15) is 32.6 Å². The Labute approximate surface area is 73.6 Å². The van der Waals surface area contributed by atoms with Crippen LogP contribution in [0.5, 0.6) is 0 Å². The molecule has 0 saturated carbocycles. The first-order valence-electron chi connectivity index (χ1n) is 4.53. The van der Waals surface area contributed by atoms with Crippen LogP contribution in [-0.2, 0) is 9.84 Å². The van der Waals surface area contributed by atoms with Crippen LogP contribution < -0.4 is 0 Å².